The molecule has 1 aliphatic rings. The van der Waals surface area contributed by atoms with Gasteiger partial charge in [0.15, 0.2) is 0 Å². The van der Waals surface area contributed by atoms with E-state index in [1.807, 2.05) is 6.08 Å². The maximum Gasteiger partial charge on any atom is 0.0267 e. The molecule has 1 fully saturated rings. The van der Waals surface area contributed by atoms with Crippen molar-refractivity contribution in [2.75, 3.05) is 0 Å². The highest BCUT2D eigenvalue weighted by molar-refractivity contribution is 5.07. The average Bonchev–Trinajstić information content (AvgIpc) is 2.07. The Kier molecular flexibility index (Phi) is 3.83. The van der Waals surface area contributed by atoms with Gasteiger partial charge < -0.3 is 0 Å². The third-order valence-electron chi connectivity index (χ3n) is 2.16. The van der Waals surface area contributed by atoms with E-state index in [0.717, 1.165) is 6.42 Å². The van der Waals surface area contributed by atoms with Gasteiger partial charge in [0.25, 0.3) is 0 Å². The predicted molar refractivity (Wildman–Crippen MR) is 49.2 cm³/mol. The van der Waals surface area contributed by atoms with E-state index in [0.29, 0.717) is 5.92 Å². The predicted octanol–water partition coefficient (Wildman–Crippen LogP) is 3.15. The molecule has 0 saturated heterocycles. The molecule has 0 atom stereocenters. The molecule has 1 aliphatic carbocycles. The van der Waals surface area contributed by atoms with Gasteiger partial charge in [-0.2, -0.15) is 0 Å². The molecule has 0 heteroatoms. The summed E-state index contributed by atoms with van der Waals surface area (Å²) in [6.07, 6.45) is 9.56. The second-order valence-electron chi connectivity index (χ2n) is 3.15. The maximum atomic E-state index is 3.64. The zero-order valence-corrected chi connectivity index (χ0v) is 7.10. The zero-order chi connectivity index (χ0) is 7.94. The van der Waals surface area contributed by atoms with Gasteiger partial charge in [0.05, 0.1) is 0 Å². The Balaban J connectivity index is 2.24. The van der Waals surface area contributed by atoms with E-state index in [4.69, 9.17) is 0 Å². The van der Waals surface area contributed by atoms with E-state index in [-0.39, 0.29) is 0 Å². The second-order valence-corrected chi connectivity index (χ2v) is 3.15. The van der Waals surface area contributed by atoms with Crippen LogP contribution in [0.2, 0.25) is 0 Å². The first-order chi connectivity index (χ1) is 5.43. The second kappa shape index (κ2) is 5.02. The largest absolute Gasteiger partial charge is 0.102 e. The molecular formula is C11H16. The van der Waals surface area contributed by atoms with Crippen LogP contribution in [0, 0.1) is 17.8 Å². The van der Waals surface area contributed by atoms with Crippen molar-refractivity contribution in [3.63, 3.8) is 0 Å². The number of rotatable bonds is 1. The summed E-state index contributed by atoms with van der Waals surface area (Å²) < 4.78 is 0. The van der Waals surface area contributed by atoms with E-state index in [1.54, 1.807) is 0 Å². The number of hydrogen-bond donors (Lipinski definition) is 0. The Labute approximate surface area is 69.7 Å². The highest BCUT2D eigenvalue weighted by Crippen LogP contribution is 2.22. The van der Waals surface area contributed by atoms with Crippen LogP contribution in [-0.2, 0) is 0 Å². The van der Waals surface area contributed by atoms with Crippen molar-refractivity contribution in [2.45, 2.75) is 38.5 Å². The fourth-order valence-electron chi connectivity index (χ4n) is 1.52. The van der Waals surface area contributed by atoms with Crippen molar-refractivity contribution < 1.29 is 0 Å². The summed E-state index contributed by atoms with van der Waals surface area (Å²) in [7, 11) is 0. The summed E-state index contributed by atoms with van der Waals surface area (Å²) in [4.78, 5) is 0. The van der Waals surface area contributed by atoms with Crippen molar-refractivity contribution in [3.05, 3.63) is 12.7 Å². The van der Waals surface area contributed by atoms with Crippen LogP contribution in [0.25, 0.3) is 0 Å². The molecule has 11 heavy (non-hydrogen) atoms. The standard InChI is InChI=1S/C11H16/c1-2-3-5-8-11-9-6-4-7-10-11/h2,11H,1,3-4,6-7,9-10H2. The molecule has 1 rings (SSSR count). The average molecular weight is 148 g/mol. The maximum absolute atomic E-state index is 3.64. The molecule has 0 unspecified atom stereocenters. The Hall–Kier alpha value is -0.700. The summed E-state index contributed by atoms with van der Waals surface area (Å²) >= 11 is 0. The van der Waals surface area contributed by atoms with Crippen LogP contribution in [-0.4, -0.2) is 0 Å². The minimum Gasteiger partial charge on any atom is -0.102 e. The molecule has 0 aromatic rings. The summed E-state index contributed by atoms with van der Waals surface area (Å²) in [5, 5.41) is 0. The van der Waals surface area contributed by atoms with E-state index >= 15 is 0 Å². The quantitative estimate of drug-likeness (QED) is 0.396. The van der Waals surface area contributed by atoms with Crippen LogP contribution in [0.15, 0.2) is 12.7 Å². The van der Waals surface area contributed by atoms with E-state index < -0.39 is 0 Å². The van der Waals surface area contributed by atoms with Crippen LogP contribution in [0.3, 0.4) is 0 Å². The highest BCUT2D eigenvalue weighted by atomic mass is 14.1. The van der Waals surface area contributed by atoms with Gasteiger partial charge in [-0.05, 0) is 12.8 Å². The first-order valence-corrected chi connectivity index (χ1v) is 4.53. The lowest BCUT2D eigenvalue weighted by Gasteiger charge is -2.15. The number of hydrogen-bond acceptors (Lipinski definition) is 0. The molecule has 0 aromatic carbocycles. The lowest BCUT2D eigenvalue weighted by Crippen LogP contribution is -2.02. The Morgan fingerprint density at radius 3 is 2.64 bits per heavy atom. The van der Waals surface area contributed by atoms with Crippen LogP contribution >= 0.6 is 0 Å². The van der Waals surface area contributed by atoms with Crippen LogP contribution < -0.4 is 0 Å². The molecule has 0 heterocycles. The molecule has 0 spiro atoms. The van der Waals surface area contributed by atoms with Gasteiger partial charge in [-0.1, -0.05) is 37.2 Å². The van der Waals surface area contributed by atoms with Crippen molar-refractivity contribution in [2.24, 2.45) is 5.92 Å². The summed E-state index contributed by atoms with van der Waals surface area (Å²) in [6.45, 7) is 3.64. The summed E-state index contributed by atoms with van der Waals surface area (Å²) in [5.41, 5.74) is 0. The first kappa shape index (κ1) is 8.40. The Bertz CT molecular complexity index is 162. The molecule has 1 saturated carbocycles. The van der Waals surface area contributed by atoms with Crippen molar-refractivity contribution >= 4 is 0 Å². The molecule has 60 valence electrons. The molecule has 0 amide bonds. The van der Waals surface area contributed by atoms with Gasteiger partial charge in [-0.25, -0.2) is 0 Å². The fourth-order valence-corrected chi connectivity index (χ4v) is 1.52. The smallest absolute Gasteiger partial charge is 0.0267 e. The third-order valence-corrected chi connectivity index (χ3v) is 2.16. The molecule has 0 nitrogen and oxygen atoms in total. The van der Waals surface area contributed by atoms with E-state index in [9.17, 15) is 0 Å². The normalized spacial score (nSPS) is 18.5. The molecule has 0 aliphatic heterocycles. The van der Waals surface area contributed by atoms with Crippen LogP contribution in [0.4, 0.5) is 0 Å². The SMILES string of the molecule is C=CCC#CC1CCCCC1. The molecule has 0 N–H and O–H groups in total. The minimum absolute atomic E-state index is 0.698. The number of allylic oxidation sites excluding steroid dienone is 1. The monoisotopic (exact) mass is 148 g/mol. The van der Waals surface area contributed by atoms with Crippen molar-refractivity contribution in [1.29, 1.82) is 0 Å². The van der Waals surface area contributed by atoms with Crippen molar-refractivity contribution in [1.82, 2.24) is 0 Å². The van der Waals surface area contributed by atoms with E-state index in [1.165, 1.54) is 32.1 Å². The van der Waals surface area contributed by atoms with Gasteiger partial charge >= 0.3 is 0 Å². The van der Waals surface area contributed by atoms with Gasteiger partial charge in [-0.3, -0.25) is 0 Å². The van der Waals surface area contributed by atoms with Gasteiger partial charge in [0.1, 0.15) is 0 Å². The van der Waals surface area contributed by atoms with Gasteiger partial charge in [-0.15, -0.1) is 6.58 Å². The zero-order valence-electron chi connectivity index (χ0n) is 7.10. The van der Waals surface area contributed by atoms with Crippen LogP contribution in [0.5, 0.6) is 0 Å². The molecule has 0 bridgehead atoms. The molecule has 0 aromatic heterocycles. The Morgan fingerprint density at radius 2 is 2.00 bits per heavy atom. The topological polar surface area (TPSA) is 0 Å². The highest BCUT2D eigenvalue weighted by Gasteiger charge is 2.09. The minimum atomic E-state index is 0.698. The lowest BCUT2D eigenvalue weighted by molar-refractivity contribution is 0.430. The first-order valence-electron chi connectivity index (χ1n) is 4.53. The lowest BCUT2D eigenvalue weighted by atomic mass is 9.90. The fraction of sp³-hybridized carbons (Fsp3) is 0.636. The summed E-state index contributed by atoms with van der Waals surface area (Å²) in [6, 6.07) is 0. The van der Waals surface area contributed by atoms with Gasteiger partial charge in [0.2, 0.25) is 0 Å². The van der Waals surface area contributed by atoms with Crippen molar-refractivity contribution in [3.8, 4) is 11.8 Å². The Morgan fingerprint density at radius 1 is 1.27 bits per heavy atom. The summed E-state index contributed by atoms with van der Waals surface area (Å²) in [5.74, 6) is 7.14. The van der Waals surface area contributed by atoms with E-state index in [2.05, 4.69) is 18.4 Å². The molecular weight excluding hydrogens is 132 g/mol. The third kappa shape index (κ3) is 3.28. The van der Waals surface area contributed by atoms with Crippen LogP contribution in [0.1, 0.15) is 38.5 Å². The van der Waals surface area contributed by atoms with Gasteiger partial charge in [0, 0.05) is 12.3 Å². The molecule has 0 radical (unpaired) electrons.